The molecule has 2 aromatic rings. The van der Waals surface area contributed by atoms with Gasteiger partial charge in [0.2, 0.25) is 0 Å². The monoisotopic (exact) mass is 286 g/mol. The highest BCUT2D eigenvalue weighted by Crippen LogP contribution is 2.19. The number of carbonyl (C=O) groups excluding carboxylic acids is 1. The molecule has 1 aromatic carbocycles. The summed E-state index contributed by atoms with van der Waals surface area (Å²) >= 11 is 0. The fourth-order valence-electron chi connectivity index (χ4n) is 2.00. The van der Waals surface area contributed by atoms with E-state index in [0.717, 1.165) is 5.56 Å². The molecule has 0 radical (unpaired) electrons. The molecule has 0 unspecified atom stereocenters. The van der Waals surface area contributed by atoms with Gasteiger partial charge in [-0.15, -0.1) is 0 Å². The van der Waals surface area contributed by atoms with Crippen molar-refractivity contribution in [2.45, 2.75) is 13.0 Å². The van der Waals surface area contributed by atoms with Crippen molar-refractivity contribution in [3.05, 3.63) is 67.0 Å². The summed E-state index contributed by atoms with van der Waals surface area (Å²) in [6.07, 6.45) is 4.46. The molecule has 0 spiro atoms. The number of imidazole rings is 1. The predicted molar refractivity (Wildman–Crippen MR) is 78.9 cm³/mol. The molecular formula is C16H18N2O3. The summed E-state index contributed by atoms with van der Waals surface area (Å²) in [5, 5.41) is 0. The van der Waals surface area contributed by atoms with E-state index >= 15 is 0 Å². The van der Waals surface area contributed by atoms with Crippen LogP contribution in [0.2, 0.25) is 0 Å². The largest absolute Gasteiger partial charge is 0.498 e. The zero-order chi connectivity index (χ0) is 15.1. The maximum absolute atomic E-state index is 12.1. The van der Waals surface area contributed by atoms with E-state index in [1.165, 1.54) is 12.5 Å². The summed E-state index contributed by atoms with van der Waals surface area (Å²) in [7, 11) is 0. The summed E-state index contributed by atoms with van der Waals surface area (Å²) in [5.41, 5.74) is 1.52. The van der Waals surface area contributed by atoms with Gasteiger partial charge in [-0.05, 0) is 12.5 Å². The van der Waals surface area contributed by atoms with Gasteiger partial charge in [0, 0.05) is 0 Å². The molecule has 0 saturated carbocycles. The van der Waals surface area contributed by atoms with Gasteiger partial charge in [0.05, 0.1) is 24.8 Å². The second kappa shape index (κ2) is 7.28. The highest BCUT2D eigenvalue weighted by molar-refractivity contribution is 5.87. The summed E-state index contributed by atoms with van der Waals surface area (Å²) in [6, 6.07) is 9.91. The number of hydrogen-bond donors (Lipinski definition) is 0. The molecule has 0 fully saturated rings. The van der Waals surface area contributed by atoms with Gasteiger partial charge >= 0.3 is 5.97 Å². The first-order valence-corrected chi connectivity index (χ1v) is 6.70. The van der Waals surface area contributed by atoms with Crippen molar-refractivity contribution in [2.24, 2.45) is 0 Å². The van der Waals surface area contributed by atoms with Gasteiger partial charge in [0.1, 0.15) is 18.9 Å². The van der Waals surface area contributed by atoms with Crippen molar-refractivity contribution in [1.29, 1.82) is 0 Å². The van der Waals surface area contributed by atoms with Gasteiger partial charge in [0.25, 0.3) is 0 Å². The molecule has 0 bridgehead atoms. The zero-order valence-corrected chi connectivity index (χ0v) is 11.9. The molecule has 1 aromatic heterocycles. The number of esters is 1. The molecule has 2 rings (SSSR count). The first kappa shape index (κ1) is 14.8. The number of rotatable bonds is 7. The highest BCUT2D eigenvalue weighted by atomic mass is 16.6. The molecule has 0 aliphatic heterocycles. The van der Waals surface area contributed by atoms with E-state index in [1.54, 1.807) is 10.9 Å². The Morgan fingerprint density at radius 1 is 1.38 bits per heavy atom. The lowest BCUT2D eigenvalue weighted by Gasteiger charge is -2.16. The van der Waals surface area contributed by atoms with Crippen LogP contribution in [0.1, 0.15) is 29.0 Å². The van der Waals surface area contributed by atoms with E-state index in [1.807, 2.05) is 37.3 Å². The van der Waals surface area contributed by atoms with E-state index in [4.69, 9.17) is 9.47 Å². The van der Waals surface area contributed by atoms with Gasteiger partial charge in [-0.2, -0.15) is 0 Å². The van der Waals surface area contributed by atoms with Crippen LogP contribution in [-0.2, 0) is 9.47 Å². The van der Waals surface area contributed by atoms with Crippen molar-refractivity contribution in [3.63, 3.8) is 0 Å². The van der Waals surface area contributed by atoms with E-state index in [0.29, 0.717) is 5.69 Å². The normalized spacial score (nSPS) is 11.7. The van der Waals surface area contributed by atoms with Crippen molar-refractivity contribution >= 4 is 5.97 Å². The number of aromatic nitrogens is 2. The number of hydrogen-bond acceptors (Lipinski definition) is 4. The van der Waals surface area contributed by atoms with E-state index in [9.17, 15) is 4.79 Å². The summed E-state index contributed by atoms with van der Waals surface area (Å²) in [4.78, 5) is 16.1. The van der Waals surface area contributed by atoms with Crippen LogP contribution in [0.4, 0.5) is 0 Å². The van der Waals surface area contributed by atoms with Crippen LogP contribution in [0.15, 0.2) is 55.7 Å². The van der Waals surface area contributed by atoms with Crippen molar-refractivity contribution in [1.82, 2.24) is 9.55 Å². The molecular weight excluding hydrogens is 268 g/mol. The van der Waals surface area contributed by atoms with E-state index in [2.05, 4.69) is 11.6 Å². The van der Waals surface area contributed by atoms with Crippen LogP contribution in [0.3, 0.4) is 0 Å². The third kappa shape index (κ3) is 3.72. The molecule has 110 valence electrons. The van der Waals surface area contributed by atoms with E-state index in [-0.39, 0.29) is 19.3 Å². The maximum Gasteiger partial charge on any atom is 0.356 e. The van der Waals surface area contributed by atoms with Gasteiger partial charge in [0.15, 0.2) is 0 Å². The Morgan fingerprint density at radius 3 is 2.86 bits per heavy atom. The zero-order valence-electron chi connectivity index (χ0n) is 11.9. The van der Waals surface area contributed by atoms with Crippen LogP contribution in [0.25, 0.3) is 0 Å². The fourth-order valence-corrected chi connectivity index (χ4v) is 2.00. The summed E-state index contributed by atoms with van der Waals surface area (Å²) < 4.78 is 11.9. The van der Waals surface area contributed by atoms with Gasteiger partial charge in [-0.1, -0.05) is 36.9 Å². The van der Waals surface area contributed by atoms with Crippen LogP contribution >= 0.6 is 0 Å². The topological polar surface area (TPSA) is 53.4 Å². The van der Waals surface area contributed by atoms with Crippen LogP contribution < -0.4 is 0 Å². The standard InChI is InChI=1S/C16H18N2O3/c1-3-20-9-10-21-16(19)15-11-17-12-18(15)13(2)14-7-5-4-6-8-14/h3-8,11-13H,1,9-10H2,2H3/t13-/m1/s1. The molecule has 1 heterocycles. The minimum atomic E-state index is -0.414. The molecule has 0 amide bonds. The molecule has 0 aliphatic carbocycles. The predicted octanol–water partition coefficient (Wildman–Crippen LogP) is 2.81. The highest BCUT2D eigenvalue weighted by Gasteiger charge is 2.18. The smallest absolute Gasteiger partial charge is 0.356 e. The van der Waals surface area contributed by atoms with Gasteiger partial charge in [-0.25, -0.2) is 9.78 Å². The number of benzene rings is 1. The molecule has 5 heteroatoms. The third-order valence-electron chi connectivity index (χ3n) is 3.13. The Bertz CT molecular complexity index is 593. The van der Waals surface area contributed by atoms with Gasteiger partial charge < -0.3 is 14.0 Å². The Labute approximate surface area is 123 Å². The van der Waals surface area contributed by atoms with Crippen LogP contribution in [0, 0.1) is 0 Å². The average Bonchev–Trinajstić information content (AvgIpc) is 3.01. The molecule has 0 aliphatic rings. The van der Waals surface area contributed by atoms with E-state index < -0.39 is 5.97 Å². The molecule has 5 nitrogen and oxygen atoms in total. The number of carbonyl (C=O) groups is 1. The van der Waals surface area contributed by atoms with Crippen LogP contribution in [-0.4, -0.2) is 28.7 Å². The second-order valence-electron chi connectivity index (χ2n) is 4.45. The Balaban J connectivity index is 2.07. The van der Waals surface area contributed by atoms with Crippen molar-refractivity contribution in [3.8, 4) is 0 Å². The Hall–Kier alpha value is -2.56. The third-order valence-corrected chi connectivity index (χ3v) is 3.13. The summed E-state index contributed by atoms with van der Waals surface area (Å²) in [5.74, 6) is -0.414. The molecule has 0 N–H and O–H groups in total. The van der Waals surface area contributed by atoms with Crippen molar-refractivity contribution in [2.75, 3.05) is 13.2 Å². The lowest BCUT2D eigenvalue weighted by Crippen LogP contribution is -2.17. The fraction of sp³-hybridized carbons (Fsp3) is 0.250. The second-order valence-corrected chi connectivity index (χ2v) is 4.45. The number of ether oxygens (including phenoxy) is 2. The average molecular weight is 286 g/mol. The maximum atomic E-state index is 12.1. The molecule has 21 heavy (non-hydrogen) atoms. The first-order valence-electron chi connectivity index (χ1n) is 6.70. The molecule has 0 saturated heterocycles. The SMILES string of the molecule is C=COCCOC(=O)c1cncn1[C@H](C)c1ccccc1. The minimum absolute atomic E-state index is 0.000625. The van der Waals surface area contributed by atoms with Crippen molar-refractivity contribution < 1.29 is 14.3 Å². The summed E-state index contributed by atoms with van der Waals surface area (Å²) in [6.45, 7) is 5.90. The van der Waals surface area contributed by atoms with Crippen LogP contribution in [0.5, 0.6) is 0 Å². The quantitative estimate of drug-likeness (QED) is 0.446. The number of nitrogens with zero attached hydrogens (tertiary/aromatic N) is 2. The molecule has 1 atom stereocenters. The van der Waals surface area contributed by atoms with Gasteiger partial charge in [-0.3, -0.25) is 0 Å². The minimum Gasteiger partial charge on any atom is -0.498 e. The first-order chi connectivity index (χ1) is 10.2. The lowest BCUT2D eigenvalue weighted by atomic mass is 10.1. The Morgan fingerprint density at radius 2 is 2.14 bits per heavy atom. The Kier molecular flexibility index (Phi) is 5.15. The lowest BCUT2D eigenvalue weighted by molar-refractivity contribution is 0.0408.